The molecule has 1 aromatic heterocycles. The summed E-state index contributed by atoms with van der Waals surface area (Å²) in [6, 6.07) is 3.73. The van der Waals surface area contributed by atoms with Gasteiger partial charge in [-0.2, -0.15) is 0 Å². The third-order valence-electron chi connectivity index (χ3n) is 2.57. The van der Waals surface area contributed by atoms with E-state index in [2.05, 4.69) is 10.3 Å². The quantitative estimate of drug-likeness (QED) is 0.763. The van der Waals surface area contributed by atoms with Gasteiger partial charge in [-0.25, -0.2) is 4.98 Å². The van der Waals surface area contributed by atoms with E-state index in [0.717, 1.165) is 5.56 Å². The summed E-state index contributed by atoms with van der Waals surface area (Å²) >= 11 is 0. The summed E-state index contributed by atoms with van der Waals surface area (Å²) in [7, 11) is 1.58. The molecular formula is C12H19N3O2. The summed E-state index contributed by atoms with van der Waals surface area (Å²) < 4.78 is 4.97. The van der Waals surface area contributed by atoms with Crippen molar-refractivity contribution in [3.63, 3.8) is 0 Å². The van der Waals surface area contributed by atoms with Crippen LogP contribution in [0.3, 0.4) is 0 Å². The fourth-order valence-electron chi connectivity index (χ4n) is 1.24. The van der Waals surface area contributed by atoms with Crippen molar-refractivity contribution in [3.05, 3.63) is 23.9 Å². The van der Waals surface area contributed by atoms with Gasteiger partial charge in [-0.3, -0.25) is 4.79 Å². The van der Waals surface area contributed by atoms with Gasteiger partial charge in [-0.15, -0.1) is 0 Å². The SMILES string of the molecule is COc1ccc(CNCC(C)(C)C(N)=O)cn1. The molecule has 1 aromatic rings. The van der Waals surface area contributed by atoms with Crippen LogP contribution in [0.2, 0.25) is 0 Å². The van der Waals surface area contributed by atoms with E-state index in [1.807, 2.05) is 19.9 Å². The molecule has 0 aliphatic carbocycles. The van der Waals surface area contributed by atoms with Crippen LogP contribution in [0.25, 0.3) is 0 Å². The molecule has 0 unspecified atom stereocenters. The van der Waals surface area contributed by atoms with Crippen molar-refractivity contribution >= 4 is 5.91 Å². The zero-order valence-corrected chi connectivity index (χ0v) is 10.5. The van der Waals surface area contributed by atoms with E-state index >= 15 is 0 Å². The molecule has 0 aromatic carbocycles. The van der Waals surface area contributed by atoms with E-state index < -0.39 is 5.41 Å². The highest BCUT2D eigenvalue weighted by atomic mass is 16.5. The Labute approximate surface area is 101 Å². The van der Waals surface area contributed by atoms with Gasteiger partial charge in [-0.05, 0) is 19.4 Å². The Hall–Kier alpha value is -1.62. The number of primary amides is 1. The highest BCUT2D eigenvalue weighted by molar-refractivity contribution is 5.80. The topological polar surface area (TPSA) is 77.2 Å². The van der Waals surface area contributed by atoms with E-state index in [4.69, 9.17) is 10.5 Å². The van der Waals surface area contributed by atoms with Gasteiger partial charge in [0.05, 0.1) is 12.5 Å². The van der Waals surface area contributed by atoms with Gasteiger partial charge in [0, 0.05) is 25.4 Å². The summed E-state index contributed by atoms with van der Waals surface area (Å²) in [6.45, 7) is 4.81. The number of nitrogens with two attached hydrogens (primary N) is 1. The number of nitrogens with zero attached hydrogens (tertiary/aromatic N) is 1. The summed E-state index contributed by atoms with van der Waals surface area (Å²) in [4.78, 5) is 15.2. The van der Waals surface area contributed by atoms with Crippen LogP contribution in [0.5, 0.6) is 5.88 Å². The Kier molecular flexibility index (Phi) is 4.45. The summed E-state index contributed by atoms with van der Waals surface area (Å²) in [5.74, 6) is 0.282. The molecule has 1 rings (SSSR count). The number of pyridine rings is 1. The first-order valence-corrected chi connectivity index (χ1v) is 5.45. The summed E-state index contributed by atoms with van der Waals surface area (Å²) in [5.41, 5.74) is 5.77. The zero-order chi connectivity index (χ0) is 12.9. The molecule has 5 heteroatoms. The number of aromatic nitrogens is 1. The van der Waals surface area contributed by atoms with Crippen LogP contribution in [-0.2, 0) is 11.3 Å². The van der Waals surface area contributed by atoms with Crippen LogP contribution in [0.1, 0.15) is 19.4 Å². The lowest BCUT2D eigenvalue weighted by molar-refractivity contribution is -0.125. The number of carbonyl (C=O) groups excluding carboxylic acids is 1. The lowest BCUT2D eigenvalue weighted by Crippen LogP contribution is -2.40. The maximum absolute atomic E-state index is 11.1. The summed E-state index contributed by atoms with van der Waals surface area (Å²) in [6.07, 6.45) is 1.74. The van der Waals surface area contributed by atoms with Crippen LogP contribution in [0, 0.1) is 5.41 Å². The van der Waals surface area contributed by atoms with E-state index in [0.29, 0.717) is 19.0 Å². The molecule has 5 nitrogen and oxygen atoms in total. The molecule has 17 heavy (non-hydrogen) atoms. The highest BCUT2D eigenvalue weighted by Gasteiger charge is 2.23. The van der Waals surface area contributed by atoms with E-state index in [-0.39, 0.29) is 5.91 Å². The predicted octanol–water partition coefficient (Wildman–Crippen LogP) is 0.691. The van der Waals surface area contributed by atoms with Crippen LogP contribution in [-0.4, -0.2) is 24.5 Å². The smallest absolute Gasteiger partial charge is 0.224 e. The highest BCUT2D eigenvalue weighted by Crippen LogP contribution is 2.12. The van der Waals surface area contributed by atoms with E-state index in [1.54, 1.807) is 19.4 Å². The predicted molar refractivity (Wildman–Crippen MR) is 65.5 cm³/mol. The first-order valence-electron chi connectivity index (χ1n) is 5.45. The van der Waals surface area contributed by atoms with Crippen molar-refractivity contribution in [2.45, 2.75) is 20.4 Å². The van der Waals surface area contributed by atoms with Crippen molar-refractivity contribution in [3.8, 4) is 5.88 Å². The van der Waals surface area contributed by atoms with Gasteiger partial charge in [0.25, 0.3) is 0 Å². The lowest BCUT2D eigenvalue weighted by atomic mass is 9.93. The monoisotopic (exact) mass is 237 g/mol. The van der Waals surface area contributed by atoms with Gasteiger partial charge in [0.2, 0.25) is 11.8 Å². The second kappa shape index (κ2) is 5.63. The van der Waals surface area contributed by atoms with Crippen molar-refractivity contribution in [2.24, 2.45) is 11.1 Å². The Morgan fingerprint density at radius 1 is 1.53 bits per heavy atom. The van der Waals surface area contributed by atoms with Crippen molar-refractivity contribution < 1.29 is 9.53 Å². The molecule has 0 aliphatic heterocycles. The largest absolute Gasteiger partial charge is 0.481 e. The number of methoxy groups -OCH3 is 1. The van der Waals surface area contributed by atoms with Crippen LogP contribution >= 0.6 is 0 Å². The fraction of sp³-hybridized carbons (Fsp3) is 0.500. The van der Waals surface area contributed by atoms with E-state index in [1.165, 1.54) is 0 Å². The normalized spacial score (nSPS) is 11.2. The maximum atomic E-state index is 11.1. The van der Waals surface area contributed by atoms with Gasteiger partial charge in [0.1, 0.15) is 0 Å². The average molecular weight is 237 g/mol. The maximum Gasteiger partial charge on any atom is 0.224 e. The van der Waals surface area contributed by atoms with Crippen LogP contribution < -0.4 is 15.8 Å². The molecule has 0 spiro atoms. The molecule has 1 heterocycles. The Morgan fingerprint density at radius 3 is 2.71 bits per heavy atom. The van der Waals surface area contributed by atoms with Crippen molar-refractivity contribution in [1.29, 1.82) is 0 Å². The molecule has 3 N–H and O–H groups in total. The molecule has 0 fully saturated rings. The second-order valence-corrected chi connectivity index (χ2v) is 4.56. The molecule has 0 bridgehead atoms. The summed E-state index contributed by atoms with van der Waals surface area (Å²) in [5, 5.41) is 3.18. The lowest BCUT2D eigenvalue weighted by Gasteiger charge is -2.20. The van der Waals surface area contributed by atoms with Crippen LogP contribution in [0.15, 0.2) is 18.3 Å². The number of hydrogen-bond acceptors (Lipinski definition) is 4. The number of nitrogens with one attached hydrogen (secondary N) is 1. The van der Waals surface area contributed by atoms with Crippen LogP contribution in [0.4, 0.5) is 0 Å². The molecule has 0 saturated heterocycles. The minimum absolute atomic E-state index is 0.308. The number of ether oxygens (including phenoxy) is 1. The standard InChI is InChI=1S/C12H19N3O2/c1-12(2,11(13)16)8-14-6-9-4-5-10(17-3)15-7-9/h4-5,7,14H,6,8H2,1-3H3,(H2,13,16). The molecular weight excluding hydrogens is 218 g/mol. The molecule has 0 aliphatic rings. The molecule has 94 valence electrons. The minimum Gasteiger partial charge on any atom is -0.481 e. The average Bonchev–Trinajstić information content (AvgIpc) is 2.29. The van der Waals surface area contributed by atoms with Gasteiger partial charge < -0.3 is 15.8 Å². The van der Waals surface area contributed by atoms with Gasteiger partial charge in [0.15, 0.2) is 0 Å². The zero-order valence-electron chi connectivity index (χ0n) is 10.5. The second-order valence-electron chi connectivity index (χ2n) is 4.56. The number of hydrogen-bond donors (Lipinski definition) is 2. The fourth-order valence-corrected chi connectivity index (χ4v) is 1.24. The Bertz CT molecular complexity index is 374. The molecule has 0 atom stereocenters. The molecule has 0 radical (unpaired) electrons. The first-order chi connectivity index (χ1) is 7.95. The molecule has 1 amide bonds. The van der Waals surface area contributed by atoms with Gasteiger partial charge >= 0.3 is 0 Å². The van der Waals surface area contributed by atoms with Gasteiger partial charge in [-0.1, -0.05) is 6.07 Å². The third-order valence-corrected chi connectivity index (χ3v) is 2.57. The minimum atomic E-state index is -0.542. The first kappa shape index (κ1) is 13.4. The third kappa shape index (κ3) is 4.03. The number of rotatable bonds is 6. The van der Waals surface area contributed by atoms with Crippen molar-refractivity contribution in [2.75, 3.05) is 13.7 Å². The van der Waals surface area contributed by atoms with E-state index in [9.17, 15) is 4.79 Å². The Morgan fingerprint density at radius 2 is 2.24 bits per heavy atom. The Balaban J connectivity index is 2.43. The number of carbonyl (C=O) groups is 1. The number of amides is 1. The molecule has 0 saturated carbocycles. The van der Waals surface area contributed by atoms with Crippen molar-refractivity contribution in [1.82, 2.24) is 10.3 Å².